The van der Waals surface area contributed by atoms with Crippen molar-refractivity contribution in [1.82, 2.24) is 0 Å². The monoisotopic (exact) mass is 161 g/mol. The van der Waals surface area contributed by atoms with E-state index in [9.17, 15) is 0 Å². The molecule has 2 aliphatic carbocycles. The van der Waals surface area contributed by atoms with Crippen LogP contribution in [0.15, 0.2) is 29.3 Å². The van der Waals surface area contributed by atoms with Crippen molar-refractivity contribution >= 4 is 5.90 Å². The Morgan fingerprint density at radius 2 is 2.00 bits per heavy atom. The summed E-state index contributed by atoms with van der Waals surface area (Å²) in [6.07, 6.45) is 8.99. The molecule has 2 bridgehead atoms. The average molecular weight is 161 g/mol. The summed E-state index contributed by atoms with van der Waals surface area (Å²) >= 11 is 0. The van der Waals surface area contributed by atoms with E-state index in [4.69, 9.17) is 4.74 Å². The highest BCUT2D eigenvalue weighted by Gasteiger charge is 2.44. The van der Waals surface area contributed by atoms with E-state index >= 15 is 0 Å². The number of ether oxygens (including phenoxy) is 1. The van der Waals surface area contributed by atoms with E-state index in [2.05, 4.69) is 29.3 Å². The number of hydrogen-bond acceptors (Lipinski definition) is 2. The quantitative estimate of drug-likeness (QED) is 0.492. The molecule has 2 aliphatic heterocycles. The molecule has 2 nitrogen and oxygen atoms in total. The molecular formula is C10H11NO. The number of rotatable bonds is 0. The largest absolute Gasteiger partial charge is 0.484 e. The van der Waals surface area contributed by atoms with Crippen molar-refractivity contribution in [2.24, 2.45) is 22.7 Å². The van der Waals surface area contributed by atoms with Gasteiger partial charge in [-0.25, -0.2) is 4.99 Å². The zero-order valence-electron chi connectivity index (χ0n) is 6.97. The molecule has 4 atom stereocenters. The molecule has 4 aliphatic rings. The van der Waals surface area contributed by atoms with Crippen LogP contribution in [-0.2, 0) is 4.74 Å². The van der Waals surface area contributed by atoms with Crippen LogP contribution in [-0.4, -0.2) is 19.0 Å². The Hall–Kier alpha value is -1.05. The van der Waals surface area contributed by atoms with Gasteiger partial charge in [0.05, 0.1) is 19.1 Å². The van der Waals surface area contributed by atoms with E-state index in [1.165, 1.54) is 0 Å². The molecule has 12 heavy (non-hydrogen) atoms. The van der Waals surface area contributed by atoms with Gasteiger partial charge in [0, 0.05) is 11.8 Å². The Bertz CT molecular complexity index is 303. The second-order valence-corrected chi connectivity index (χ2v) is 3.61. The topological polar surface area (TPSA) is 21.6 Å². The number of allylic oxidation sites excluding steroid dienone is 1. The SMILES string of the molecule is COC1=N[C@@H]2C=C[C@H]1[C@@H]1C=C[C@@H]12. The Kier molecular flexibility index (Phi) is 1.08. The summed E-state index contributed by atoms with van der Waals surface area (Å²) in [4.78, 5) is 4.51. The standard InChI is InChI=1S/C10H11NO/c1-12-10-8-4-5-9(11-10)7-3-2-6(7)8/h2-9H,1H3/t6-,7+,8+,9-/m1/s1. The van der Waals surface area contributed by atoms with Crippen LogP contribution in [0.5, 0.6) is 0 Å². The Labute approximate surface area is 71.6 Å². The molecule has 0 saturated carbocycles. The van der Waals surface area contributed by atoms with Crippen molar-refractivity contribution in [2.75, 3.05) is 7.11 Å². The van der Waals surface area contributed by atoms with Gasteiger partial charge in [0.25, 0.3) is 0 Å². The van der Waals surface area contributed by atoms with Crippen molar-refractivity contribution in [3.05, 3.63) is 24.3 Å². The molecular weight excluding hydrogens is 150 g/mol. The van der Waals surface area contributed by atoms with Gasteiger partial charge in [-0.15, -0.1) is 0 Å². The van der Waals surface area contributed by atoms with E-state index in [1.54, 1.807) is 7.11 Å². The molecule has 2 heterocycles. The average Bonchev–Trinajstić information content (AvgIpc) is 2.04. The highest BCUT2D eigenvalue weighted by molar-refractivity contribution is 5.84. The van der Waals surface area contributed by atoms with Crippen molar-refractivity contribution < 1.29 is 4.74 Å². The molecule has 0 N–H and O–H groups in total. The highest BCUT2D eigenvalue weighted by atomic mass is 16.5. The first-order valence-corrected chi connectivity index (χ1v) is 4.38. The minimum atomic E-state index is 0.361. The van der Waals surface area contributed by atoms with Crippen LogP contribution < -0.4 is 0 Å². The number of aliphatic imine (C=N–C) groups is 1. The predicted molar refractivity (Wildman–Crippen MR) is 47.0 cm³/mol. The van der Waals surface area contributed by atoms with Crippen LogP contribution in [0.3, 0.4) is 0 Å². The Morgan fingerprint density at radius 3 is 2.58 bits per heavy atom. The third-order valence-corrected chi connectivity index (χ3v) is 3.10. The number of nitrogens with zero attached hydrogens (tertiary/aromatic N) is 1. The first-order chi connectivity index (χ1) is 5.90. The van der Waals surface area contributed by atoms with Crippen molar-refractivity contribution in [2.45, 2.75) is 6.04 Å². The summed E-state index contributed by atoms with van der Waals surface area (Å²) in [7, 11) is 1.71. The second-order valence-electron chi connectivity index (χ2n) is 3.61. The van der Waals surface area contributed by atoms with Crippen LogP contribution in [0.25, 0.3) is 0 Å². The molecule has 0 aromatic carbocycles. The Morgan fingerprint density at radius 1 is 1.17 bits per heavy atom. The normalized spacial score (nSPS) is 46.6. The van der Waals surface area contributed by atoms with Crippen molar-refractivity contribution in [1.29, 1.82) is 0 Å². The molecule has 0 aromatic heterocycles. The lowest BCUT2D eigenvalue weighted by molar-refractivity contribution is 0.261. The van der Waals surface area contributed by atoms with E-state index < -0.39 is 0 Å². The van der Waals surface area contributed by atoms with E-state index in [1.807, 2.05) is 0 Å². The van der Waals surface area contributed by atoms with Crippen LogP contribution in [0.4, 0.5) is 0 Å². The van der Waals surface area contributed by atoms with Gasteiger partial charge >= 0.3 is 0 Å². The first-order valence-electron chi connectivity index (χ1n) is 4.38. The summed E-state index contributed by atoms with van der Waals surface area (Å²) in [6, 6.07) is 0.361. The lowest BCUT2D eigenvalue weighted by atomic mass is 9.65. The number of hydrogen-bond donors (Lipinski definition) is 0. The van der Waals surface area contributed by atoms with Gasteiger partial charge in [0.2, 0.25) is 0 Å². The van der Waals surface area contributed by atoms with Gasteiger partial charge in [-0.3, -0.25) is 0 Å². The van der Waals surface area contributed by atoms with Crippen LogP contribution in [0, 0.1) is 17.8 Å². The highest BCUT2D eigenvalue weighted by Crippen LogP contribution is 2.44. The molecule has 0 amide bonds. The molecule has 2 heteroatoms. The summed E-state index contributed by atoms with van der Waals surface area (Å²) in [5, 5.41) is 0. The maximum Gasteiger partial charge on any atom is 0.191 e. The predicted octanol–water partition coefficient (Wildman–Crippen LogP) is 1.40. The fraction of sp³-hybridized carbons (Fsp3) is 0.500. The van der Waals surface area contributed by atoms with E-state index in [-0.39, 0.29) is 0 Å². The van der Waals surface area contributed by atoms with Gasteiger partial charge in [-0.2, -0.15) is 0 Å². The Balaban J connectivity index is 2.03. The summed E-state index contributed by atoms with van der Waals surface area (Å²) in [6.45, 7) is 0. The van der Waals surface area contributed by atoms with Crippen molar-refractivity contribution in [3.8, 4) is 0 Å². The second kappa shape index (κ2) is 2.00. The molecule has 62 valence electrons. The van der Waals surface area contributed by atoms with Gasteiger partial charge in [-0.05, 0) is 0 Å². The zero-order valence-corrected chi connectivity index (χ0v) is 6.97. The van der Waals surface area contributed by atoms with Gasteiger partial charge < -0.3 is 4.74 Å². The molecule has 0 saturated heterocycles. The zero-order chi connectivity index (χ0) is 8.13. The number of methoxy groups -OCH3 is 1. The lowest BCUT2D eigenvalue weighted by Gasteiger charge is -2.44. The van der Waals surface area contributed by atoms with Crippen molar-refractivity contribution in [3.63, 3.8) is 0 Å². The number of dihydropyridines is 1. The first kappa shape index (κ1) is 6.46. The molecule has 0 spiro atoms. The summed E-state index contributed by atoms with van der Waals surface area (Å²) in [5.41, 5.74) is 0. The van der Waals surface area contributed by atoms with Crippen LogP contribution in [0.2, 0.25) is 0 Å². The fourth-order valence-corrected chi connectivity index (χ4v) is 2.36. The smallest absolute Gasteiger partial charge is 0.191 e. The minimum Gasteiger partial charge on any atom is -0.484 e. The van der Waals surface area contributed by atoms with Gasteiger partial charge in [-0.1, -0.05) is 24.3 Å². The lowest BCUT2D eigenvalue weighted by Crippen LogP contribution is -2.45. The summed E-state index contributed by atoms with van der Waals surface area (Å²) in [5.74, 6) is 2.69. The molecule has 0 unspecified atom stereocenters. The molecule has 4 rings (SSSR count). The van der Waals surface area contributed by atoms with Gasteiger partial charge in [0.1, 0.15) is 0 Å². The fourth-order valence-electron chi connectivity index (χ4n) is 2.36. The maximum atomic E-state index is 5.24. The van der Waals surface area contributed by atoms with Gasteiger partial charge in [0.15, 0.2) is 5.90 Å². The minimum absolute atomic E-state index is 0.361. The van der Waals surface area contributed by atoms with Crippen LogP contribution in [0.1, 0.15) is 0 Å². The van der Waals surface area contributed by atoms with E-state index in [0.29, 0.717) is 23.8 Å². The maximum absolute atomic E-state index is 5.24. The van der Waals surface area contributed by atoms with E-state index in [0.717, 1.165) is 5.90 Å². The molecule has 0 radical (unpaired) electrons. The molecule has 0 fully saturated rings. The third-order valence-electron chi connectivity index (χ3n) is 3.10. The summed E-state index contributed by atoms with van der Waals surface area (Å²) < 4.78 is 5.24. The molecule has 0 aromatic rings. The third kappa shape index (κ3) is 0.591. The van der Waals surface area contributed by atoms with Crippen LogP contribution >= 0.6 is 0 Å².